The van der Waals surface area contributed by atoms with Gasteiger partial charge in [-0.15, -0.1) is 0 Å². The molecule has 0 spiro atoms. The number of hydrogen-bond acceptors (Lipinski definition) is 5. The zero-order valence-electron chi connectivity index (χ0n) is 12.5. The Morgan fingerprint density at radius 3 is 2.95 bits per heavy atom. The molecule has 1 aliphatic heterocycles. The van der Waals surface area contributed by atoms with Crippen molar-refractivity contribution in [2.24, 2.45) is 18.7 Å². The highest BCUT2D eigenvalue weighted by atomic mass is 16.5. The Bertz CT molecular complexity index is 462. The lowest BCUT2D eigenvalue weighted by Crippen LogP contribution is -2.46. The summed E-state index contributed by atoms with van der Waals surface area (Å²) in [6, 6.07) is 0.207. The number of carbonyl (C=O) groups is 1. The lowest BCUT2D eigenvalue weighted by atomic mass is 9.96. The van der Waals surface area contributed by atoms with Crippen molar-refractivity contribution in [3.8, 4) is 0 Å². The van der Waals surface area contributed by atoms with Crippen LogP contribution in [0.15, 0.2) is 6.20 Å². The first-order chi connectivity index (χ1) is 9.51. The molecular weight excluding hydrogens is 256 g/mol. The smallest absolute Gasteiger partial charge is 0.341 e. The molecule has 1 saturated heterocycles. The number of piperidine rings is 1. The van der Waals surface area contributed by atoms with E-state index in [9.17, 15) is 4.79 Å². The summed E-state index contributed by atoms with van der Waals surface area (Å²) in [7, 11) is 1.85. The van der Waals surface area contributed by atoms with Gasteiger partial charge in [-0.1, -0.05) is 6.92 Å². The lowest BCUT2D eigenvalue weighted by molar-refractivity contribution is 0.0522. The van der Waals surface area contributed by atoms with Crippen LogP contribution in [0.2, 0.25) is 0 Å². The lowest BCUT2D eigenvalue weighted by Gasteiger charge is -2.34. The van der Waals surface area contributed by atoms with E-state index >= 15 is 0 Å². The Balaban J connectivity index is 2.12. The third kappa shape index (κ3) is 3.37. The number of nitrogens with two attached hydrogens (primary N) is 1. The molecule has 1 aromatic heterocycles. The van der Waals surface area contributed by atoms with Gasteiger partial charge in [0.15, 0.2) is 0 Å². The van der Waals surface area contributed by atoms with E-state index in [1.807, 2.05) is 7.05 Å². The number of aryl methyl sites for hydroxylation is 1. The van der Waals surface area contributed by atoms with E-state index < -0.39 is 0 Å². The zero-order valence-corrected chi connectivity index (χ0v) is 12.5. The van der Waals surface area contributed by atoms with Crippen molar-refractivity contribution in [1.29, 1.82) is 0 Å². The van der Waals surface area contributed by atoms with Gasteiger partial charge in [0.05, 0.1) is 18.5 Å². The van der Waals surface area contributed by atoms with Crippen molar-refractivity contribution < 1.29 is 9.53 Å². The minimum atomic E-state index is -0.301. The van der Waals surface area contributed by atoms with Gasteiger partial charge in [0.2, 0.25) is 0 Å². The van der Waals surface area contributed by atoms with Crippen LogP contribution in [0, 0.1) is 5.92 Å². The summed E-state index contributed by atoms with van der Waals surface area (Å²) >= 11 is 0. The highest BCUT2D eigenvalue weighted by Gasteiger charge is 2.25. The molecule has 6 heteroatoms. The Hall–Kier alpha value is -1.40. The van der Waals surface area contributed by atoms with Crippen LogP contribution in [0.1, 0.15) is 36.3 Å². The fourth-order valence-corrected chi connectivity index (χ4v) is 2.88. The van der Waals surface area contributed by atoms with Gasteiger partial charge >= 0.3 is 5.97 Å². The molecule has 6 nitrogen and oxygen atoms in total. The van der Waals surface area contributed by atoms with Gasteiger partial charge in [-0.2, -0.15) is 5.10 Å². The Kier molecular flexibility index (Phi) is 4.77. The first kappa shape index (κ1) is 15.0. The zero-order chi connectivity index (χ0) is 14.7. The number of aromatic nitrogens is 2. The van der Waals surface area contributed by atoms with E-state index in [1.165, 1.54) is 0 Å². The van der Waals surface area contributed by atoms with Gasteiger partial charge in [0, 0.05) is 32.7 Å². The van der Waals surface area contributed by atoms with Crippen LogP contribution < -0.4 is 5.73 Å². The number of ether oxygens (including phenoxy) is 1. The third-order valence-electron chi connectivity index (χ3n) is 3.70. The maximum absolute atomic E-state index is 11.9. The molecule has 2 atom stereocenters. The monoisotopic (exact) mass is 280 g/mol. The second-order valence-electron chi connectivity index (χ2n) is 5.64. The summed E-state index contributed by atoms with van der Waals surface area (Å²) < 4.78 is 6.82. The summed E-state index contributed by atoms with van der Waals surface area (Å²) in [5.74, 6) is 0.281. The molecule has 2 rings (SSSR count). The van der Waals surface area contributed by atoms with Crippen molar-refractivity contribution in [2.75, 3.05) is 19.7 Å². The topological polar surface area (TPSA) is 73.4 Å². The summed E-state index contributed by atoms with van der Waals surface area (Å²) in [5, 5.41) is 4.18. The average Bonchev–Trinajstić information content (AvgIpc) is 2.70. The van der Waals surface area contributed by atoms with Crippen molar-refractivity contribution in [3.05, 3.63) is 17.5 Å². The van der Waals surface area contributed by atoms with Crippen LogP contribution >= 0.6 is 0 Å². The Labute approximate surface area is 119 Å². The van der Waals surface area contributed by atoms with Crippen molar-refractivity contribution in [1.82, 2.24) is 14.7 Å². The van der Waals surface area contributed by atoms with Gasteiger partial charge in [0.25, 0.3) is 0 Å². The van der Waals surface area contributed by atoms with E-state index in [0.717, 1.165) is 25.2 Å². The summed E-state index contributed by atoms with van der Waals surface area (Å²) in [4.78, 5) is 14.2. The maximum atomic E-state index is 11.9. The molecule has 1 aromatic rings. The molecule has 112 valence electrons. The molecule has 2 heterocycles. The third-order valence-corrected chi connectivity index (χ3v) is 3.70. The minimum Gasteiger partial charge on any atom is -0.462 e. The van der Waals surface area contributed by atoms with E-state index in [2.05, 4.69) is 16.9 Å². The van der Waals surface area contributed by atoms with E-state index in [0.29, 0.717) is 24.6 Å². The van der Waals surface area contributed by atoms with Crippen LogP contribution in [0.4, 0.5) is 0 Å². The maximum Gasteiger partial charge on any atom is 0.341 e. The van der Waals surface area contributed by atoms with Crippen LogP contribution in [-0.2, 0) is 18.3 Å². The normalized spacial score (nSPS) is 23.8. The fourth-order valence-electron chi connectivity index (χ4n) is 2.88. The molecule has 0 amide bonds. The first-order valence-corrected chi connectivity index (χ1v) is 7.17. The Morgan fingerprint density at radius 1 is 1.55 bits per heavy atom. The molecule has 0 saturated carbocycles. The van der Waals surface area contributed by atoms with Gasteiger partial charge in [-0.3, -0.25) is 9.58 Å². The largest absolute Gasteiger partial charge is 0.462 e. The number of nitrogens with zero attached hydrogens (tertiary/aromatic N) is 3. The van der Waals surface area contributed by atoms with Crippen LogP contribution in [0.5, 0.6) is 0 Å². The van der Waals surface area contributed by atoms with Gasteiger partial charge in [-0.05, 0) is 19.3 Å². The summed E-state index contributed by atoms with van der Waals surface area (Å²) in [6.45, 7) is 6.93. The Morgan fingerprint density at radius 2 is 2.30 bits per heavy atom. The molecule has 1 aliphatic rings. The molecule has 0 radical (unpaired) electrons. The minimum absolute atomic E-state index is 0.207. The standard InChI is InChI=1S/C14H24N4O2/c1-4-20-14(19)12-6-16-17(3)13(12)9-18-7-10(2)5-11(15)8-18/h6,10-11H,4-5,7-9,15H2,1-3H3. The number of likely N-dealkylation sites (tertiary alicyclic amines) is 1. The molecule has 2 unspecified atom stereocenters. The fraction of sp³-hybridized carbons (Fsp3) is 0.714. The first-order valence-electron chi connectivity index (χ1n) is 7.17. The molecular formula is C14H24N4O2. The predicted octanol–water partition coefficient (Wildman–Crippen LogP) is 0.766. The number of carbonyl (C=O) groups excluding carboxylic acids is 1. The highest BCUT2D eigenvalue weighted by molar-refractivity contribution is 5.90. The second kappa shape index (κ2) is 6.37. The SMILES string of the molecule is CCOC(=O)c1cnn(C)c1CN1CC(C)CC(N)C1. The number of rotatable bonds is 4. The van der Waals surface area contributed by atoms with Gasteiger partial charge in [0.1, 0.15) is 5.56 Å². The summed E-state index contributed by atoms with van der Waals surface area (Å²) in [6.07, 6.45) is 2.65. The van der Waals surface area contributed by atoms with E-state index in [4.69, 9.17) is 10.5 Å². The average molecular weight is 280 g/mol. The molecule has 20 heavy (non-hydrogen) atoms. The van der Waals surface area contributed by atoms with Crippen LogP contribution in [0.3, 0.4) is 0 Å². The van der Waals surface area contributed by atoms with E-state index in [1.54, 1.807) is 17.8 Å². The van der Waals surface area contributed by atoms with Crippen molar-refractivity contribution in [3.63, 3.8) is 0 Å². The molecule has 0 bridgehead atoms. The highest BCUT2D eigenvalue weighted by Crippen LogP contribution is 2.19. The quantitative estimate of drug-likeness (QED) is 0.825. The molecule has 1 fully saturated rings. The van der Waals surface area contributed by atoms with Gasteiger partial charge in [-0.25, -0.2) is 4.79 Å². The van der Waals surface area contributed by atoms with Crippen LogP contribution in [0.25, 0.3) is 0 Å². The van der Waals surface area contributed by atoms with Crippen molar-refractivity contribution in [2.45, 2.75) is 32.9 Å². The van der Waals surface area contributed by atoms with Crippen LogP contribution in [-0.4, -0.2) is 46.4 Å². The van der Waals surface area contributed by atoms with Gasteiger partial charge < -0.3 is 10.5 Å². The second-order valence-corrected chi connectivity index (χ2v) is 5.64. The van der Waals surface area contributed by atoms with E-state index in [-0.39, 0.29) is 12.0 Å². The molecule has 2 N–H and O–H groups in total. The van der Waals surface area contributed by atoms with Crippen molar-refractivity contribution >= 4 is 5.97 Å². The number of esters is 1. The predicted molar refractivity (Wildman–Crippen MR) is 76.2 cm³/mol. The number of hydrogen-bond donors (Lipinski definition) is 1. The summed E-state index contributed by atoms with van der Waals surface area (Å²) in [5.41, 5.74) is 7.52. The molecule has 0 aromatic carbocycles. The molecule has 0 aliphatic carbocycles.